The fourth-order valence-electron chi connectivity index (χ4n) is 2.86. The molecule has 0 aliphatic heterocycles. The van der Waals surface area contributed by atoms with Crippen LogP contribution < -0.4 is 10.6 Å². The number of fused-ring (bicyclic) bond motifs is 1. The summed E-state index contributed by atoms with van der Waals surface area (Å²) < 4.78 is 27.3. The van der Waals surface area contributed by atoms with E-state index in [2.05, 4.69) is 20.8 Å². The second kappa shape index (κ2) is 8.11. The molecule has 0 saturated heterocycles. The number of alkyl halides is 1. The predicted octanol–water partition coefficient (Wildman–Crippen LogP) is 2.93. The van der Waals surface area contributed by atoms with Crippen LogP contribution in [0.2, 0.25) is 0 Å². The van der Waals surface area contributed by atoms with E-state index in [1.54, 1.807) is 12.2 Å². The number of aromatic nitrogens is 2. The van der Waals surface area contributed by atoms with Gasteiger partial charge in [-0.2, -0.15) is 5.10 Å². The van der Waals surface area contributed by atoms with Crippen molar-refractivity contribution in [3.8, 4) is 0 Å². The normalized spacial score (nSPS) is 16.3. The minimum Gasteiger partial charge on any atom is -0.347 e. The first-order chi connectivity index (χ1) is 12.9. The van der Waals surface area contributed by atoms with Gasteiger partial charge in [-0.25, -0.2) is 8.78 Å². The Hall–Kier alpha value is -3.03. The molecule has 27 heavy (non-hydrogen) atoms. The van der Waals surface area contributed by atoms with Crippen LogP contribution in [0, 0.1) is 5.82 Å². The van der Waals surface area contributed by atoms with Crippen LogP contribution in [0.25, 0.3) is 10.9 Å². The third-order valence-corrected chi connectivity index (χ3v) is 4.28. The van der Waals surface area contributed by atoms with Gasteiger partial charge in [0.25, 0.3) is 0 Å². The average molecular weight is 374 g/mol. The van der Waals surface area contributed by atoms with Gasteiger partial charge < -0.3 is 10.6 Å². The number of hydrogen-bond acceptors (Lipinski definition) is 3. The summed E-state index contributed by atoms with van der Waals surface area (Å²) in [6.07, 6.45) is 5.96. The number of nitrogens with one attached hydrogen (secondary N) is 3. The molecular weight excluding hydrogens is 354 g/mol. The molecule has 1 aliphatic carbocycles. The van der Waals surface area contributed by atoms with Gasteiger partial charge in [-0.05, 0) is 18.9 Å². The molecule has 1 atom stereocenters. The Morgan fingerprint density at radius 3 is 2.85 bits per heavy atom. The number of aromatic amines is 1. The van der Waals surface area contributed by atoms with E-state index in [0.29, 0.717) is 30.2 Å². The lowest BCUT2D eigenvalue weighted by molar-refractivity contribution is -0.122. The highest BCUT2D eigenvalue weighted by molar-refractivity contribution is 5.96. The third kappa shape index (κ3) is 4.78. The van der Waals surface area contributed by atoms with Gasteiger partial charge >= 0.3 is 0 Å². The number of nitrogens with zero attached hydrogens (tertiary/aromatic N) is 1. The number of carbonyl (C=O) groups is 2. The van der Waals surface area contributed by atoms with Gasteiger partial charge in [0.15, 0.2) is 0 Å². The maximum Gasteiger partial charge on any atom is 0.243 e. The Kier molecular flexibility index (Phi) is 5.63. The van der Waals surface area contributed by atoms with Crippen molar-refractivity contribution in [2.45, 2.75) is 32.4 Å². The zero-order valence-electron chi connectivity index (χ0n) is 14.8. The smallest absolute Gasteiger partial charge is 0.243 e. The number of allylic oxidation sites excluding steroid dienone is 4. The molecule has 1 aromatic carbocycles. The molecule has 0 bridgehead atoms. The first kappa shape index (κ1) is 18.8. The Bertz CT molecular complexity index is 933. The second-order valence-electron chi connectivity index (χ2n) is 6.40. The largest absolute Gasteiger partial charge is 0.347 e. The molecule has 0 radical (unpaired) electrons. The molecule has 0 fully saturated rings. The highest BCUT2D eigenvalue weighted by Crippen LogP contribution is 2.26. The number of anilines is 1. The topological polar surface area (TPSA) is 86.9 Å². The number of H-pyrrole nitrogens is 1. The lowest BCUT2D eigenvalue weighted by atomic mass is 10.00. The Labute approximate surface area is 154 Å². The molecule has 6 nitrogen and oxygen atoms in total. The highest BCUT2D eigenvalue weighted by atomic mass is 19.1. The molecule has 1 heterocycles. The van der Waals surface area contributed by atoms with E-state index in [-0.39, 0.29) is 18.1 Å². The quantitative estimate of drug-likeness (QED) is 0.727. The highest BCUT2D eigenvalue weighted by Gasteiger charge is 2.14. The average Bonchev–Trinajstić information content (AvgIpc) is 3.01. The standard InChI is InChI=1S/C19H20F2N4O2/c1-11(26)22-10-19(27)23-18-8-14-16(24-25-17(14)9-15(18)21)7-4-12-2-5-13(20)6-3-12/h2-3,5,8-9,13H,4,6-7,10H2,1H3,(H,22,26)(H,23,27)(H,24,25). The fraction of sp³-hybridized carbons (Fsp3) is 0.316. The van der Waals surface area contributed by atoms with Gasteiger partial charge in [-0.3, -0.25) is 14.7 Å². The molecule has 1 aliphatic rings. The number of amides is 2. The predicted molar refractivity (Wildman–Crippen MR) is 98.4 cm³/mol. The van der Waals surface area contributed by atoms with Gasteiger partial charge in [0.1, 0.15) is 12.0 Å². The van der Waals surface area contributed by atoms with Crippen LogP contribution in [0.1, 0.15) is 25.5 Å². The van der Waals surface area contributed by atoms with E-state index >= 15 is 0 Å². The second-order valence-corrected chi connectivity index (χ2v) is 6.40. The van der Waals surface area contributed by atoms with E-state index in [4.69, 9.17) is 0 Å². The number of carbonyl (C=O) groups excluding carboxylic acids is 2. The van der Waals surface area contributed by atoms with Gasteiger partial charge in [-0.15, -0.1) is 0 Å². The summed E-state index contributed by atoms with van der Waals surface area (Å²) in [4.78, 5) is 22.7. The lowest BCUT2D eigenvalue weighted by Crippen LogP contribution is -2.31. The number of aryl methyl sites for hydroxylation is 1. The van der Waals surface area contributed by atoms with Crippen molar-refractivity contribution >= 4 is 28.4 Å². The van der Waals surface area contributed by atoms with Gasteiger partial charge in [0.05, 0.1) is 17.7 Å². The van der Waals surface area contributed by atoms with Crippen LogP contribution in [0.5, 0.6) is 0 Å². The van der Waals surface area contributed by atoms with Gasteiger partial charge in [0, 0.05) is 30.5 Å². The van der Waals surface area contributed by atoms with E-state index in [1.165, 1.54) is 19.1 Å². The third-order valence-electron chi connectivity index (χ3n) is 4.28. The summed E-state index contributed by atoms with van der Waals surface area (Å²) in [6, 6.07) is 2.77. The Morgan fingerprint density at radius 2 is 2.15 bits per heavy atom. The van der Waals surface area contributed by atoms with Crippen molar-refractivity contribution in [1.29, 1.82) is 0 Å². The van der Waals surface area contributed by atoms with E-state index < -0.39 is 17.9 Å². The van der Waals surface area contributed by atoms with Crippen molar-refractivity contribution in [2.24, 2.45) is 0 Å². The van der Waals surface area contributed by atoms with Gasteiger partial charge in [0.2, 0.25) is 11.8 Å². The van der Waals surface area contributed by atoms with Crippen molar-refractivity contribution in [1.82, 2.24) is 15.5 Å². The van der Waals surface area contributed by atoms with Crippen LogP contribution >= 0.6 is 0 Å². The molecule has 2 amide bonds. The number of halogens is 2. The van der Waals surface area contributed by atoms with Crippen LogP contribution in [-0.2, 0) is 16.0 Å². The Morgan fingerprint density at radius 1 is 1.33 bits per heavy atom. The lowest BCUT2D eigenvalue weighted by Gasteiger charge is -2.09. The van der Waals surface area contributed by atoms with Gasteiger partial charge in [-0.1, -0.05) is 23.8 Å². The zero-order chi connectivity index (χ0) is 19.4. The van der Waals surface area contributed by atoms with Crippen LogP contribution in [0.3, 0.4) is 0 Å². The fourth-order valence-corrected chi connectivity index (χ4v) is 2.86. The van der Waals surface area contributed by atoms with Crippen LogP contribution in [0.15, 0.2) is 35.9 Å². The molecule has 3 rings (SSSR count). The van der Waals surface area contributed by atoms with E-state index in [0.717, 1.165) is 11.3 Å². The monoisotopic (exact) mass is 374 g/mol. The maximum atomic E-state index is 14.2. The number of benzene rings is 1. The molecular formula is C19H20F2N4O2. The minimum absolute atomic E-state index is 0.0255. The first-order valence-corrected chi connectivity index (χ1v) is 8.64. The minimum atomic E-state index is -0.923. The summed E-state index contributed by atoms with van der Waals surface area (Å²) in [5.41, 5.74) is 2.33. The first-order valence-electron chi connectivity index (χ1n) is 8.64. The number of rotatable bonds is 6. The van der Waals surface area contributed by atoms with Crippen molar-refractivity contribution in [3.05, 3.63) is 47.4 Å². The molecule has 2 aromatic rings. The molecule has 0 saturated carbocycles. The van der Waals surface area contributed by atoms with Crippen molar-refractivity contribution in [2.75, 3.05) is 11.9 Å². The maximum absolute atomic E-state index is 14.2. The molecule has 142 valence electrons. The van der Waals surface area contributed by atoms with Crippen LogP contribution in [0.4, 0.5) is 14.5 Å². The molecule has 0 spiro atoms. The van der Waals surface area contributed by atoms with E-state index in [9.17, 15) is 18.4 Å². The zero-order valence-corrected chi connectivity index (χ0v) is 14.8. The Balaban J connectivity index is 1.73. The molecule has 8 heteroatoms. The van der Waals surface area contributed by atoms with Crippen molar-refractivity contribution < 1.29 is 18.4 Å². The summed E-state index contributed by atoms with van der Waals surface area (Å²) in [7, 11) is 0. The summed E-state index contributed by atoms with van der Waals surface area (Å²) in [6.45, 7) is 1.06. The summed E-state index contributed by atoms with van der Waals surface area (Å²) >= 11 is 0. The molecule has 1 aromatic heterocycles. The molecule has 1 unspecified atom stereocenters. The van der Waals surface area contributed by atoms with Crippen LogP contribution in [-0.4, -0.2) is 34.7 Å². The van der Waals surface area contributed by atoms with E-state index in [1.807, 2.05) is 6.08 Å². The summed E-state index contributed by atoms with van der Waals surface area (Å²) in [5.74, 6) is -1.47. The van der Waals surface area contributed by atoms with Crippen molar-refractivity contribution in [3.63, 3.8) is 0 Å². The molecule has 3 N–H and O–H groups in total. The summed E-state index contributed by atoms with van der Waals surface area (Å²) in [5, 5.41) is 12.5. The SMILES string of the molecule is CC(=O)NCC(=O)Nc1cc2c(CCC3=CCC(F)C=C3)[nH]nc2cc1F. The number of hydrogen-bond donors (Lipinski definition) is 3.